The van der Waals surface area contributed by atoms with E-state index in [1.54, 1.807) is 0 Å². The summed E-state index contributed by atoms with van der Waals surface area (Å²) in [5.74, 6) is 0.281. The number of alkyl halides is 1. The molecule has 0 unspecified atom stereocenters. The molecule has 1 aromatic rings. The fourth-order valence-corrected chi connectivity index (χ4v) is 2.24. The van der Waals surface area contributed by atoms with Gasteiger partial charge in [0.25, 0.3) is 0 Å². The topological polar surface area (TPSA) is 54.0 Å². The lowest BCUT2D eigenvalue weighted by molar-refractivity contribution is -0.117. The van der Waals surface area contributed by atoms with E-state index >= 15 is 0 Å². The van der Waals surface area contributed by atoms with Crippen LogP contribution in [0.5, 0.6) is 0 Å². The highest BCUT2D eigenvalue weighted by molar-refractivity contribution is 9.10. The highest BCUT2D eigenvalue weighted by Crippen LogP contribution is 2.21. The summed E-state index contributed by atoms with van der Waals surface area (Å²) in [6.07, 6.45) is -0.725. The first kappa shape index (κ1) is 13.4. The Morgan fingerprint density at radius 3 is 2.89 bits per heavy atom. The van der Waals surface area contributed by atoms with E-state index in [2.05, 4.69) is 31.5 Å². The van der Waals surface area contributed by atoms with Crippen molar-refractivity contribution in [3.8, 4) is 0 Å². The van der Waals surface area contributed by atoms with E-state index in [1.165, 1.54) is 0 Å². The number of amides is 1. The zero-order valence-corrected chi connectivity index (χ0v) is 11.8. The second-order valence-corrected chi connectivity index (χ2v) is 5.30. The predicted octanol–water partition coefficient (Wildman–Crippen LogP) is 2.10. The number of carbonyl (C=O) groups is 1. The number of hydrogen-bond donors (Lipinski definition) is 2. The summed E-state index contributed by atoms with van der Waals surface area (Å²) in [5, 5.41) is 5.58. The van der Waals surface area contributed by atoms with Crippen LogP contribution in [0.25, 0.3) is 0 Å². The maximum atomic E-state index is 13.0. The molecule has 1 fully saturated rings. The Morgan fingerprint density at radius 2 is 2.28 bits per heavy atom. The first-order chi connectivity index (χ1) is 8.47. The van der Waals surface area contributed by atoms with E-state index in [9.17, 15) is 9.18 Å². The summed E-state index contributed by atoms with van der Waals surface area (Å²) in [6, 6.07) is 1.47. The Morgan fingerprint density at radius 1 is 1.56 bits per heavy atom. The molecule has 1 amide bonds. The van der Waals surface area contributed by atoms with Crippen LogP contribution in [0.15, 0.2) is 10.7 Å². The molecule has 0 radical (unpaired) electrons. The first-order valence-electron chi connectivity index (χ1n) is 5.79. The van der Waals surface area contributed by atoms with Crippen LogP contribution in [0.4, 0.5) is 10.2 Å². The van der Waals surface area contributed by atoms with Crippen molar-refractivity contribution < 1.29 is 9.18 Å². The molecule has 1 aromatic heterocycles. The molecule has 0 bridgehead atoms. The highest BCUT2D eigenvalue weighted by Gasteiger charge is 2.29. The monoisotopic (exact) mass is 315 g/mol. The van der Waals surface area contributed by atoms with E-state index in [-0.39, 0.29) is 18.9 Å². The minimum Gasteiger partial charge on any atom is -0.309 e. The van der Waals surface area contributed by atoms with Gasteiger partial charge in [-0.3, -0.25) is 4.79 Å². The van der Waals surface area contributed by atoms with Crippen LogP contribution < -0.4 is 10.6 Å². The van der Waals surface area contributed by atoms with Crippen LogP contribution in [-0.2, 0) is 4.79 Å². The molecule has 2 rings (SSSR count). The quantitative estimate of drug-likeness (QED) is 0.822. The lowest BCUT2D eigenvalue weighted by Crippen LogP contribution is -2.35. The van der Waals surface area contributed by atoms with Gasteiger partial charge in [-0.25, -0.2) is 9.37 Å². The molecule has 4 nitrogen and oxygen atoms in total. The molecule has 0 aliphatic carbocycles. The van der Waals surface area contributed by atoms with Crippen LogP contribution >= 0.6 is 15.9 Å². The number of aryl methyl sites for hydroxylation is 2. The average molecular weight is 316 g/mol. The minimum absolute atomic E-state index is 0.220. The second-order valence-electron chi connectivity index (χ2n) is 4.54. The molecule has 1 aliphatic heterocycles. The number of rotatable bonds is 2. The van der Waals surface area contributed by atoms with Crippen molar-refractivity contribution in [2.75, 3.05) is 11.9 Å². The lowest BCUT2D eigenvalue weighted by atomic mass is 10.2. The zero-order valence-electron chi connectivity index (χ0n) is 10.3. The number of nitrogens with zero attached hydrogens (tertiary/aromatic N) is 1. The molecule has 1 saturated heterocycles. The summed E-state index contributed by atoms with van der Waals surface area (Å²) in [4.78, 5) is 16.2. The van der Waals surface area contributed by atoms with Gasteiger partial charge >= 0.3 is 0 Å². The van der Waals surface area contributed by atoms with Crippen molar-refractivity contribution in [2.45, 2.75) is 32.5 Å². The molecular formula is C12H15BrFN3O. The smallest absolute Gasteiger partial charge is 0.242 e. The maximum absolute atomic E-state index is 13.0. The van der Waals surface area contributed by atoms with E-state index in [1.807, 2.05) is 19.9 Å². The number of aromatic nitrogens is 1. The summed E-state index contributed by atoms with van der Waals surface area (Å²) in [7, 11) is 0. The van der Waals surface area contributed by atoms with Gasteiger partial charge in [0.2, 0.25) is 5.91 Å². The standard InChI is InChI=1S/C12H15BrFN3O/c1-6-3-7(2)11(16-10(6)13)17-12(18)9-4-8(14)5-15-9/h3,8-9,15H,4-5H2,1-2H3,(H,16,17,18)/t8-,9+/m1/s1. The number of halogens is 2. The molecule has 2 heterocycles. The number of carbonyl (C=O) groups excluding carboxylic acids is 1. The number of hydrogen-bond acceptors (Lipinski definition) is 3. The third-order valence-corrected chi connectivity index (χ3v) is 3.78. The van der Waals surface area contributed by atoms with Gasteiger partial charge in [-0.15, -0.1) is 0 Å². The van der Waals surface area contributed by atoms with E-state index < -0.39 is 12.2 Å². The number of pyridine rings is 1. The Labute approximate surface area is 113 Å². The van der Waals surface area contributed by atoms with E-state index in [0.717, 1.165) is 11.1 Å². The fourth-order valence-electron chi connectivity index (χ4n) is 1.95. The van der Waals surface area contributed by atoms with Gasteiger partial charge in [0.15, 0.2) is 0 Å². The summed E-state index contributed by atoms with van der Waals surface area (Å²) >= 11 is 3.33. The number of anilines is 1. The molecule has 0 aromatic carbocycles. The molecule has 2 N–H and O–H groups in total. The lowest BCUT2D eigenvalue weighted by Gasteiger charge is -2.13. The van der Waals surface area contributed by atoms with Crippen molar-refractivity contribution in [2.24, 2.45) is 0 Å². The van der Waals surface area contributed by atoms with Gasteiger partial charge in [-0.1, -0.05) is 6.07 Å². The van der Waals surface area contributed by atoms with E-state index in [0.29, 0.717) is 10.4 Å². The molecule has 1 aliphatic rings. The van der Waals surface area contributed by atoms with Crippen molar-refractivity contribution in [3.63, 3.8) is 0 Å². The summed E-state index contributed by atoms with van der Waals surface area (Å²) in [6.45, 7) is 4.05. The Hall–Kier alpha value is -1.01. The molecule has 0 saturated carbocycles. The van der Waals surface area contributed by atoms with Crippen LogP contribution in [0, 0.1) is 13.8 Å². The van der Waals surface area contributed by atoms with Crippen LogP contribution in [0.3, 0.4) is 0 Å². The molecular weight excluding hydrogens is 301 g/mol. The first-order valence-corrected chi connectivity index (χ1v) is 6.58. The van der Waals surface area contributed by atoms with Gasteiger partial charge in [0, 0.05) is 13.0 Å². The third kappa shape index (κ3) is 2.87. The minimum atomic E-state index is -0.945. The maximum Gasteiger partial charge on any atom is 0.242 e. The van der Waals surface area contributed by atoms with Gasteiger partial charge in [-0.2, -0.15) is 0 Å². The molecule has 18 heavy (non-hydrogen) atoms. The Balaban J connectivity index is 2.09. The largest absolute Gasteiger partial charge is 0.309 e. The average Bonchev–Trinajstić information content (AvgIpc) is 2.73. The van der Waals surface area contributed by atoms with Gasteiger partial charge in [-0.05, 0) is 40.9 Å². The molecule has 0 spiro atoms. The van der Waals surface area contributed by atoms with E-state index in [4.69, 9.17) is 0 Å². The van der Waals surface area contributed by atoms with Crippen LogP contribution in [0.2, 0.25) is 0 Å². The number of nitrogens with one attached hydrogen (secondary N) is 2. The second kappa shape index (κ2) is 5.32. The summed E-state index contributed by atoms with van der Waals surface area (Å²) < 4.78 is 13.7. The van der Waals surface area contributed by atoms with Crippen LogP contribution in [-0.4, -0.2) is 29.6 Å². The third-order valence-electron chi connectivity index (χ3n) is 2.98. The van der Waals surface area contributed by atoms with Crippen molar-refractivity contribution in [1.82, 2.24) is 10.3 Å². The zero-order chi connectivity index (χ0) is 13.3. The highest BCUT2D eigenvalue weighted by atomic mass is 79.9. The van der Waals surface area contributed by atoms with Gasteiger partial charge in [0.1, 0.15) is 16.6 Å². The Kier molecular flexibility index (Phi) is 3.97. The van der Waals surface area contributed by atoms with Crippen molar-refractivity contribution in [3.05, 3.63) is 21.8 Å². The molecule has 2 atom stereocenters. The SMILES string of the molecule is Cc1cc(C)c(NC(=O)[C@@H]2C[C@@H](F)CN2)nc1Br. The Bertz CT molecular complexity index is 481. The van der Waals surface area contributed by atoms with Crippen molar-refractivity contribution >= 4 is 27.7 Å². The van der Waals surface area contributed by atoms with Gasteiger partial charge in [0.05, 0.1) is 6.04 Å². The van der Waals surface area contributed by atoms with Crippen LogP contribution in [0.1, 0.15) is 17.5 Å². The van der Waals surface area contributed by atoms with Gasteiger partial charge < -0.3 is 10.6 Å². The summed E-state index contributed by atoms with van der Waals surface area (Å²) in [5.41, 5.74) is 1.90. The molecule has 98 valence electrons. The predicted molar refractivity (Wildman–Crippen MR) is 71.3 cm³/mol. The van der Waals surface area contributed by atoms with Crippen molar-refractivity contribution in [1.29, 1.82) is 0 Å². The fraction of sp³-hybridized carbons (Fsp3) is 0.500. The molecule has 6 heteroatoms. The normalized spacial score (nSPS) is 23.1.